The average molecular weight is 370 g/mol. The number of hydroxylamine groups is 1. The predicted octanol–water partition coefficient (Wildman–Crippen LogP) is 2.23. The Morgan fingerprint density at radius 2 is 1.81 bits per heavy atom. The van der Waals surface area contributed by atoms with E-state index in [1.165, 1.54) is 0 Å². The second kappa shape index (κ2) is 11.9. The standard InChI is InChI=1S/C19H35N3O4/c1-14(2)12-16-19(25)22(3)11-9-7-5-4-6-8-10-15(18(24)20-16)13-17(23)21-26/h14-16,26H,4-13H2,1-3H3,(H,20,24)(H,21,23). The summed E-state index contributed by atoms with van der Waals surface area (Å²) in [4.78, 5) is 38.8. The fourth-order valence-corrected chi connectivity index (χ4v) is 3.40. The second-order valence-electron chi connectivity index (χ2n) is 7.80. The molecule has 0 saturated carbocycles. The molecule has 7 nitrogen and oxygen atoms in total. The summed E-state index contributed by atoms with van der Waals surface area (Å²) in [6.07, 6.45) is 7.24. The summed E-state index contributed by atoms with van der Waals surface area (Å²) in [5.74, 6) is -1.20. The first-order valence-corrected chi connectivity index (χ1v) is 9.83. The molecule has 0 aromatic heterocycles. The van der Waals surface area contributed by atoms with Crippen LogP contribution in [0.2, 0.25) is 0 Å². The van der Waals surface area contributed by atoms with Gasteiger partial charge in [0.15, 0.2) is 0 Å². The number of rotatable bonds is 4. The first kappa shape index (κ1) is 22.4. The van der Waals surface area contributed by atoms with Crippen molar-refractivity contribution in [3.8, 4) is 0 Å². The molecule has 1 rings (SSSR count). The van der Waals surface area contributed by atoms with Crippen molar-refractivity contribution in [1.82, 2.24) is 15.7 Å². The van der Waals surface area contributed by atoms with E-state index in [9.17, 15) is 14.4 Å². The molecule has 150 valence electrons. The molecule has 0 aromatic carbocycles. The lowest BCUT2D eigenvalue weighted by Crippen LogP contribution is -2.50. The van der Waals surface area contributed by atoms with Crippen molar-refractivity contribution in [2.45, 2.75) is 77.7 Å². The van der Waals surface area contributed by atoms with Gasteiger partial charge in [-0.3, -0.25) is 19.6 Å². The predicted molar refractivity (Wildman–Crippen MR) is 99.4 cm³/mol. The molecule has 0 radical (unpaired) electrons. The van der Waals surface area contributed by atoms with E-state index in [-0.39, 0.29) is 24.2 Å². The quantitative estimate of drug-likeness (QED) is 0.523. The monoisotopic (exact) mass is 369 g/mol. The van der Waals surface area contributed by atoms with Crippen molar-refractivity contribution in [2.24, 2.45) is 11.8 Å². The van der Waals surface area contributed by atoms with Gasteiger partial charge in [-0.2, -0.15) is 0 Å². The Bertz CT molecular complexity index is 468. The maximum atomic E-state index is 12.8. The molecule has 1 saturated heterocycles. The Morgan fingerprint density at radius 3 is 2.42 bits per heavy atom. The molecule has 0 spiro atoms. The zero-order valence-electron chi connectivity index (χ0n) is 16.4. The minimum absolute atomic E-state index is 0.0687. The Labute approximate surface area is 156 Å². The van der Waals surface area contributed by atoms with Crippen molar-refractivity contribution in [3.05, 3.63) is 0 Å². The van der Waals surface area contributed by atoms with Crippen LogP contribution in [-0.2, 0) is 14.4 Å². The van der Waals surface area contributed by atoms with Gasteiger partial charge in [0.25, 0.3) is 0 Å². The van der Waals surface area contributed by atoms with Crippen LogP contribution in [0, 0.1) is 11.8 Å². The number of amides is 3. The van der Waals surface area contributed by atoms with Crippen LogP contribution in [0.3, 0.4) is 0 Å². The average Bonchev–Trinajstić information content (AvgIpc) is 2.59. The number of nitrogens with one attached hydrogen (secondary N) is 2. The first-order chi connectivity index (χ1) is 12.3. The fraction of sp³-hybridized carbons (Fsp3) is 0.842. The number of likely N-dealkylation sites (N-methyl/N-ethyl adjacent to an activating group) is 1. The highest BCUT2D eigenvalue weighted by Gasteiger charge is 2.29. The molecule has 1 heterocycles. The maximum absolute atomic E-state index is 12.8. The number of carbonyl (C=O) groups is 3. The first-order valence-electron chi connectivity index (χ1n) is 9.83. The summed E-state index contributed by atoms with van der Waals surface area (Å²) < 4.78 is 0. The summed E-state index contributed by atoms with van der Waals surface area (Å²) in [6.45, 7) is 4.72. The van der Waals surface area contributed by atoms with Crippen molar-refractivity contribution in [3.63, 3.8) is 0 Å². The molecule has 0 bridgehead atoms. The van der Waals surface area contributed by atoms with Gasteiger partial charge in [-0.25, -0.2) is 5.48 Å². The molecule has 1 aliphatic rings. The van der Waals surface area contributed by atoms with Crippen LogP contribution >= 0.6 is 0 Å². The molecule has 26 heavy (non-hydrogen) atoms. The van der Waals surface area contributed by atoms with E-state index in [4.69, 9.17) is 5.21 Å². The lowest BCUT2D eigenvalue weighted by Gasteiger charge is -2.27. The highest BCUT2D eigenvalue weighted by Crippen LogP contribution is 2.18. The summed E-state index contributed by atoms with van der Waals surface area (Å²) in [7, 11) is 1.78. The van der Waals surface area contributed by atoms with Gasteiger partial charge < -0.3 is 10.2 Å². The third kappa shape index (κ3) is 8.17. The molecule has 1 fully saturated rings. The molecular weight excluding hydrogens is 334 g/mol. The molecule has 2 atom stereocenters. The van der Waals surface area contributed by atoms with Gasteiger partial charge >= 0.3 is 0 Å². The lowest BCUT2D eigenvalue weighted by molar-refractivity contribution is -0.138. The van der Waals surface area contributed by atoms with Gasteiger partial charge in [0.1, 0.15) is 6.04 Å². The van der Waals surface area contributed by atoms with E-state index in [1.54, 1.807) is 17.4 Å². The van der Waals surface area contributed by atoms with Crippen LogP contribution in [0.5, 0.6) is 0 Å². The number of nitrogens with zero attached hydrogens (tertiary/aromatic N) is 1. The summed E-state index contributed by atoms with van der Waals surface area (Å²) in [6, 6.07) is -0.574. The maximum Gasteiger partial charge on any atom is 0.244 e. The molecule has 0 aromatic rings. The summed E-state index contributed by atoms with van der Waals surface area (Å²) >= 11 is 0. The minimum Gasteiger partial charge on any atom is -0.344 e. The normalized spacial score (nSPS) is 24.1. The van der Waals surface area contributed by atoms with Crippen molar-refractivity contribution < 1.29 is 19.6 Å². The van der Waals surface area contributed by atoms with Gasteiger partial charge in [0.2, 0.25) is 17.7 Å². The van der Waals surface area contributed by atoms with Gasteiger partial charge in [-0.15, -0.1) is 0 Å². The summed E-state index contributed by atoms with van der Waals surface area (Å²) in [5.41, 5.74) is 1.60. The van der Waals surface area contributed by atoms with E-state index >= 15 is 0 Å². The Hall–Kier alpha value is -1.63. The topological polar surface area (TPSA) is 98.7 Å². The van der Waals surface area contributed by atoms with E-state index < -0.39 is 17.9 Å². The van der Waals surface area contributed by atoms with E-state index in [0.29, 0.717) is 19.4 Å². The summed E-state index contributed by atoms with van der Waals surface area (Å²) in [5, 5.41) is 11.7. The zero-order chi connectivity index (χ0) is 19.5. The highest BCUT2D eigenvalue weighted by molar-refractivity contribution is 5.90. The Balaban J connectivity index is 2.91. The van der Waals surface area contributed by atoms with Crippen molar-refractivity contribution in [1.29, 1.82) is 0 Å². The smallest absolute Gasteiger partial charge is 0.244 e. The molecule has 3 N–H and O–H groups in total. The van der Waals surface area contributed by atoms with Crippen LogP contribution in [0.15, 0.2) is 0 Å². The molecule has 1 aliphatic heterocycles. The molecular formula is C19H35N3O4. The highest BCUT2D eigenvalue weighted by atomic mass is 16.5. The molecule has 2 unspecified atom stereocenters. The van der Waals surface area contributed by atoms with E-state index in [1.807, 2.05) is 13.8 Å². The van der Waals surface area contributed by atoms with E-state index in [2.05, 4.69) is 5.32 Å². The molecule has 7 heteroatoms. The van der Waals surface area contributed by atoms with Crippen molar-refractivity contribution >= 4 is 17.7 Å². The van der Waals surface area contributed by atoms with Crippen LogP contribution < -0.4 is 10.8 Å². The van der Waals surface area contributed by atoms with Crippen molar-refractivity contribution in [2.75, 3.05) is 13.6 Å². The number of hydrogen-bond donors (Lipinski definition) is 3. The number of hydrogen-bond acceptors (Lipinski definition) is 4. The largest absolute Gasteiger partial charge is 0.344 e. The van der Waals surface area contributed by atoms with Crippen LogP contribution in [0.25, 0.3) is 0 Å². The zero-order valence-corrected chi connectivity index (χ0v) is 16.4. The minimum atomic E-state index is -0.574. The van der Waals surface area contributed by atoms with Gasteiger partial charge in [0.05, 0.1) is 0 Å². The molecule has 0 aliphatic carbocycles. The van der Waals surface area contributed by atoms with Gasteiger partial charge in [-0.1, -0.05) is 46.0 Å². The second-order valence-corrected chi connectivity index (χ2v) is 7.80. The third-order valence-corrected chi connectivity index (χ3v) is 4.92. The van der Waals surface area contributed by atoms with Crippen LogP contribution in [-0.4, -0.2) is 47.5 Å². The molecule has 3 amide bonds. The number of carbonyl (C=O) groups excluding carboxylic acids is 3. The third-order valence-electron chi connectivity index (χ3n) is 4.92. The van der Waals surface area contributed by atoms with E-state index in [0.717, 1.165) is 38.5 Å². The fourth-order valence-electron chi connectivity index (χ4n) is 3.40. The van der Waals surface area contributed by atoms with Crippen LogP contribution in [0.1, 0.15) is 71.6 Å². The Kier molecular flexibility index (Phi) is 10.2. The Morgan fingerprint density at radius 1 is 1.19 bits per heavy atom. The SMILES string of the molecule is CC(C)CC1NC(=O)C(CC(=O)NO)CCCCCCCCN(C)C1=O. The van der Waals surface area contributed by atoms with Crippen LogP contribution in [0.4, 0.5) is 0 Å². The van der Waals surface area contributed by atoms with Gasteiger partial charge in [0, 0.05) is 25.9 Å². The lowest BCUT2D eigenvalue weighted by atomic mass is 9.94. The van der Waals surface area contributed by atoms with Gasteiger partial charge in [-0.05, 0) is 25.2 Å².